The molecular formula is C15H10O4. The highest BCUT2D eigenvalue weighted by atomic mass is 16.5. The monoisotopic (exact) mass is 254 g/mol. The Bertz CT molecular complexity index is 661. The van der Waals surface area contributed by atoms with Crippen LogP contribution in [0.2, 0.25) is 0 Å². The lowest BCUT2D eigenvalue weighted by Gasteiger charge is -2.11. The number of fused-ring (bicyclic) bond motifs is 1. The molecule has 0 spiro atoms. The van der Waals surface area contributed by atoms with Crippen molar-refractivity contribution >= 4 is 11.9 Å². The molecule has 0 bridgehead atoms. The number of benzene rings is 2. The maximum atomic E-state index is 11.8. The van der Waals surface area contributed by atoms with Gasteiger partial charge in [-0.05, 0) is 23.8 Å². The minimum absolute atomic E-state index is 0.151. The molecule has 1 heterocycles. The van der Waals surface area contributed by atoms with E-state index in [0.717, 1.165) is 5.56 Å². The average molecular weight is 254 g/mol. The second-order valence-corrected chi connectivity index (χ2v) is 4.30. The van der Waals surface area contributed by atoms with E-state index in [1.165, 1.54) is 18.2 Å². The lowest BCUT2D eigenvalue weighted by Crippen LogP contribution is -2.01. The van der Waals surface area contributed by atoms with Crippen LogP contribution in [0.15, 0.2) is 48.5 Å². The van der Waals surface area contributed by atoms with Crippen molar-refractivity contribution in [2.75, 3.05) is 0 Å². The molecule has 0 radical (unpaired) electrons. The van der Waals surface area contributed by atoms with E-state index in [0.29, 0.717) is 11.1 Å². The molecule has 0 fully saturated rings. The zero-order chi connectivity index (χ0) is 13.4. The molecule has 0 aliphatic carbocycles. The second kappa shape index (κ2) is 4.24. The number of ether oxygens (including phenoxy) is 1. The van der Waals surface area contributed by atoms with Crippen molar-refractivity contribution in [1.29, 1.82) is 0 Å². The third-order valence-electron chi connectivity index (χ3n) is 3.13. The summed E-state index contributed by atoms with van der Waals surface area (Å²) in [7, 11) is 0. The smallest absolute Gasteiger partial charge is 0.339 e. The average Bonchev–Trinajstić information content (AvgIpc) is 2.77. The quantitative estimate of drug-likeness (QED) is 0.837. The number of carboxylic acids is 1. The van der Waals surface area contributed by atoms with Crippen LogP contribution in [0.5, 0.6) is 0 Å². The Labute approximate surface area is 109 Å². The van der Waals surface area contributed by atoms with Crippen molar-refractivity contribution in [2.24, 2.45) is 0 Å². The number of hydrogen-bond acceptors (Lipinski definition) is 3. The van der Waals surface area contributed by atoms with E-state index in [2.05, 4.69) is 0 Å². The molecule has 0 aromatic heterocycles. The summed E-state index contributed by atoms with van der Waals surface area (Å²) in [5.74, 6) is -1.44. The fourth-order valence-corrected chi connectivity index (χ4v) is 2.21. The van der Waals surface area contributed by atoms with Gasteiger partial charge in [-0.1, -0.05) is 30.3 Å². The first-order valence-electron chi connectivity index (χ1n) is 5.80. The number of carbonyl (C=O) groups excluding carboxylic acids is 1. The Kier molecular flexibility index (Phi) is 2.56. The van der Waals surface area contributed by atoms with Gasteiger partial charge < -0.3 is 9.84 Å². The molecule has 0 amide bonds. The van der Waals surface area contributed by atoms with Gasteiger partial charge in [0.2, 0.25) is 0 Å². The first-order chi connectivity index (χ1) is 9.16. The van der Waals surface area contributed by atoms with Crippen molar-refractivity contribution in [3.63, 3.8) is 0 Å². The van der Waals surface area contributed by atoms with Gasteiger partial charge in [0.1, 0.15) is 0 Å². The van der Waals surface area contributed by atoms with Gasteiger partial charge in [0.15, 0.2) is 6.10 Å². The zero-order valence-corrected chi connectivity index (χ0v) is 9.87. The van der Waals surface area contributed by atoms with Crippen molar-refractivity contribution in [3.05, 3.63) is 70.8 Å². The Balaban J connectivity index is 2.12. The van der Waals surface area contributed by atoms with Crippen molar-refractivity contribution in [3.8, 4) is 0 Å². The standard InChI is InChI=1S/C15H10O4/c16-14(17)10-6-7-11-12(8-10)13(19-15(11)18)9-4-2-1-3-5-9/h1-8,13H,(H,16,17)/t13-/m1/s1. The van der Waals surface area contributed by atoms with E-state index < -0.39 is 18.0 Å². The summed E-state index contributed by atoms with van der Waals surface area (Å²) in [6.07, 6.45) is -0.525. The van der Waals surface area contributed by atoms with Gasteiger partial charge in [0.25, 0.3) is 0 Å². The molecule has 1 atom stereocenters. The summed E-state index contributed by atoms with van der Waals surface area (Å²) in [4.78, 5) is 22.8. The molecule has 94 valence electrons. The van der Waals surface area contributed by atoms with Crippen molar-refractivity contribution < 1.29 is 19.4 Å². The number of esters is 1. The molecule has 0 saturated heterocycles. The van der Waals surface area contributed by atoms with Crippen LogP contribution in [-0.2, 0) is 4.74 Å². The predicted octanol–water partition coefficient (Wildman–Crippen LogP) is 2.64. The van der Waals surface area contributed by atoms with Crippen LogP contribution < -0.4 is 0 Å². The van der Waals surface area contributed by atoms with Gasteiger partial charge in [0.05, 0.1) is 11.1 Å². The number of rotatable bonds is 2. The van der Waals surface area contributed by atoms with Gasteiger partial charge in [-0.3, -0.25) is 0 Å². The first kappa shape index (κ1) is 11.5. The van der Waals surface area contributed by atoms with Crippen LogP contribution in [0.4, 0.5) is 0 Å². The Hall–Kier alpha value is -2.62. The predicted molar refractivity (Wildman–Crippen MR) is 67.1 cm³/mol. The third-order valence-corrected chi connectivity index (χ3v) is 3.13. The minimum Gasteiger partial charge on any atom is -0.478 e. The van der Waals surface area contributed by atoms with Crippen LogP contribution in [0, 0.1) is 0 Å². The number of carboxylic acid groups (broad SMARTS) is 1. The molecule has 2 aromatic carbocycles. The number of hydrogen-bond donors (Lipinski definition) is 1. The van der Waals surface area contributed by atoms with E-state index in [4.69, 9.17) is 9.84 Å². The minimum atomic E-state index is -1.02. The Morgan fingerprint density at radius 2 is 1.84 bits per heavy atom. The fourth-order valence-electron chi connectivity index (χ4n) is 2.21. The molecule has 0 saturated carbocycles. The van der Waals surface area contributed by atoms with E-state index in [9.17, 15) is 9.59 Å². The highest BCUT2D eigenvalue weighted by Gasteiger charge is 2.32. The van der Waals surface area contributed by atoms with Gasteiger partial charge in [-0.2, -0.15) is 0 Å². The maximum absolute atomic E-state index is 11.8. The van der Waals surface area contributed by atoms with Crippen LogP contribution in [0.3, 0.4) is 0 Å². The van der Waals surface area contributed by atoms with Gasteiger partial charge in [-0.25, -0.2) is 9.59 Å². The summed E-state index contributed by atoms with van der Waals surface area (Å²) in [6.45, 7) is 0. The highest BCUT2D eigenvalue weighted by Crippen LogP contribution is 2.36. The molecule has 4 heteroatoms. The molecule has 1 aliphatic heterocycles. The molecule has 19 heavy (non-hydrogen) atoms. The normalized spacial score (nSPS) is 16.8. The maximum Gasteiger partial charge on any atom is 0.339 e. The summed E-state index contributed by atoms with van der Waals surface area (Å²) in [5, 5.41) is 9.01. The summed E-state index contributed by atoms with van der Waals surface area (Å²) in [6, 6.07) is 13.7. The van der Waals surface area contributed by atoms with Crippen LogP contribution in [-0.4, -0.2) is 17.0 Å². The molecule has 4 nitrogen and oxygen atoms in total. The molecule has 1 N–H and O–H groups in total. The molecule has 0 unspecified atom stereocenters. The van der Waals surface area contributed by atoms with E-state index in [1.807, 2.05) is 30.3 Å². The van der Waals surface area contributed by atoms with Gasteiger partial charge in [-0.15, -0.1) is 0 Å². The van der Waals surface area contributed by atoms with Gasteiger partial charge in [0, 0.05) is 5.56 Å². The van der Waals surface area contributed by atoms with Crippen LogP contribution >= 0.6 is 0 Å². The summed E-state index contributed by atoms with van der Waals surface area (Å²) < 4.78 is 5.32. The van der Waals surface area contributed by atoms with Crippen molar-refractivity contribution in [2.45, 2.75) is 6.10 Å². The highest BCUT2D eigenvalue weighted by molar-refractivity contribution is 5.97. The summed E-state index contributed by atoms with van der Waals surface area (Å²) >= 11 is 0. The molecule has 1 aliphatic rings. The Morgan fingerprint density at radius 3 is 2.53 bits per heavy atom. The SMILES string of the molecule is O=C(O)c1ccc2c(c1)[C@@H](c1ccccc1)OC2=O. The van der Waals surface area contributed by atoms with Gasteiger partial charge >= 0.3 is 11.9 Å². The van der Waals surface area contributed by atoms with Crippen LogP contribution in [0.1, 0.15) is 37.9 Å². The molecule has 2 aromatic rings. The second-order valence-electron chi connectivity index (χ2n) is 4.30. The van der Waals surface area contributed by atoms with Crippen LogP contribution in [0.25, 0.3) is 0 Å². The fraction of sp³-hybridized carbons (Fsp3) is 0.0667. The Morgan fingerprint density at radius 1 is 1.11 bits per heavy atom. The lowest BCUT2D eigenvalue weighted by atomic mass is 9.97. The van der Waals surface area contributed by atoms with E-state index in [1.54, 1.807) is 0 Å². The molecular weight excluding hydrogens is 244 g/mol. The number of carbonyl (C=O) groups is 2. The first-order valence-corrected chi connectivity index (χ1v) is 5.80. The lowest BCUT2D eigenvalue weighted by molar-refractivity contribution is 0.0455. The summed E-state index contributed by atoms with van der Waals surface area (Å²) in [5.41, 5.74) is 2.02. The van der Waals surface area contributed by atoms with E-state index >= 15 is 0 Å². The van der Waals surface area contributed by atoms with Crippen molar-refractivity contribution in [1.82, 2.24) is 0 Å². The number of aromatic carboxylic acids is 1. The largest absolute Gasteiger partial charge is 0.478 e. The molecule has 3 rings (SSSR count). The van der Waals surface area contributed by atoms with E-state index in [-0.39, 0.29) is 5.56 Å². The third kappa shape index (κ3) is 1.87. The number of cyclic esters (lactones) is 1. The zero-order valence-electron chi connectivity index (χ0n) is 9.87. The topological polar surface area (TPSA) is 63.6 Å².